The molecular formula is C20H23F3N4O. The highest BCUT2D eigenvalue weighted by Gasteiger charge is 2.35. The van der Waals surface area contributed by atoms with Gasteiger partial charge in [-0.05, 0) is 31.4 Å². The lowest BCUT2D eigenvalue weighted by molar-refractivity contribution is -0.143. The Morgan fingerprint density at radius 2 is 1.93 bits per heavy atom. The number of pyridine rings is 1. The lowest BCUT2D eigenvalue weighted by Gasteiger charge is -2.22. The predicted octanol–water partition coefficient (Wildman–Crippen LogP) is 3.20. The van der Waals surface area contributed by atoms with E-state index in [1.807, 2.05) is 30.3 Å². The number of nitrogens with zero attached hydrogens (tertiary/aromatic N) is 3. The van der Waals surface area contributed by atoms with Gasteiger partial charge < -0.3 is 10.2 Å². The largest absolute Gasteiger partial charge is 0.401 e. The maximum atomic E-state index is 13.0. The van der Waals surface area contributed by atoms with E-state index in [-0.39, 0.29) is 18.5 Å². The van der Waals surface area contributed by atoms with Crippen LogP contribution < -0.4 is 10.2 Å². The van der Waals surface area contributed by atoms with Crippen molar-refractivity contribution in [3.8, 4) is 0 Å². The number of aromatic nitrogens is 1. The molecule has 1 aromatic heterocycles. The molecule has 2 saturated heterocycles. The summed E-state index contributed by atoms with van der Waals surface area (Å²) in [6.07, 6.45) is -1.58. The fourth-order valence-corrected chi connectivity index (χ4v) is 4.05. The quantitative estimate of drug-likeness (QED) is 0.868. The van der Waals surface area contributed by atoms with Crippen LogP contribution in [0.5, 0.6) is 0 Å². The number of amides is 1. The van der Waals surface area contributed by atoms with Crippen LogP contribution in [0.15, 0.2) is 30.3 Å². The van der Waals surface area contributed by atoms with E-state index < -0.39 is 12.7 Å². The summed E-state index contributed by atoms with van der Waals surface area (Å²) >= 11 is 0. The van der Waals surface area contributed by atoms with Crippen LogP contribution in [0.4, 0.5) is 19.0 Å². The Kier molecular flexibility index (Phi) is 5.14. The first-order valence-corrected chi connectivity index (χ1v) is 9.64. The molecule has 0 spiro atoms. The normalized spacial score (nSPS) is 20.8. The summed E-state index contributed by atoms with van der Waals surface area (Å²) in [6.45, 7) is 1.32. The van der Waals surface area contributed by atoms with E-state index in [2.05, 4.69) is 10.2 Å². The summed E-state index contributed by atoms with van der Waals surface area (Å²) in [4.78, 5) is 21.2. The molecule has 2 aliphatic heterocycles. The fraction of sp³-hybridized carbons (Fsp3) is 0.500. The SMILES string of the molecule is O=C(N[C@H]1CCN(CC(F)(F)F)C1)c1cc2ccccc2nc1N1CCCC1. The first-order chi connectivity index (χ1) is 13.4. The Hall–Kier alpha value is -2.35. The Labute approximate surface area is 161 Å². The second-order valence-electron chi connectivity index (χ2n) is 7.56. The number of nitrogens with one attached hydrogen (secondary N) is 1. The number of benzene rings is 1. The van der Waals surface area contributed by atoms with Crippen molar-refractivity contribution in [3.63, 3.8) is 0 Å². The molecule has 5 nitrogen and oxygen atoms in total. The molecule has 0 radical (unpaired) electrons. The van der Waals surface area contributed by atoms with E-state index in [1.54, 1.807) is 0 Å². The van der Waals surface area contributed by atoms with Crippen LogP contribution in [0.3, 0.4) is 0 Å². The Bertz CT molecular complexity index is 864. The number of carbonyl (C=O) groups is 1. The van der Waals surface area contributed by atoms with Gasteiger partial charge in [0.2, 0.25) is 0 Å². The lowest BCUT2D eigenvalue weighted by atomic mass is 10.1. The summed E-state index contributed by atoms with van der Waals surface area (Å²) < 4.78 is 37.8. The van der Waals surface area contributed by atoms with Crippen molar-refractivity contribution in [2.75, 3.05) is 37.6 Å². The van der Waals surface area contributed by atoms with E-state index in [0.717, 1.165) is 36.8 Å². The minimum atomic E-state index is -4.22. The van der Waals surface area contributed by atoms with E-state index >= 15 is 0 Å². The monoisotopic (exact) mass is 392 g/mol. The topological polar surface area (TPSA) is 48.5 Å². The summed E-state index contributed by atoms with van der Waals surface area (Å²) in [6, 6.07) is 9.20. The van der Waals surface area contributed by atoms with Crippen LogP contribution in [0.1, 0.15) is 29.6 Å². The molecule has 3 heterocycles. The molecule has 1 N–H and O–H groups in total. The number of hydrogen-bond acceptors (Lipinski definition) is 4. The van der Waals surface area contributed by atoms with Crippen molar-refractivity contribution >= 4 is 22.6 Å². The number of alkyl halides is 3. The number of anilines is 1. The van der Waals surface area contributed by atoms with Crippen molar-refractivity contribution in [2.24, 2.45) is 0 Å². The van der Waals surface area contributed by atoms with Crippen molar-refractivity contribution < 1.29 is 18.0 Å². The van der Waals surface area contributed by atoms with Crippen LogP contribution in [0.25, 0.3) is 10.9 Å². The third-order valence-corrected chi connectivity index (χ3v) is 5.36. The maximum Gasteiger partial charge on any atom is 0.401 e. The van der Waals surface area contributed by atoms with Crippen LogP contribution in [-0.4, -0.2) is 60.7 Å². The van der Waals surface area contributed by atoms with Crippen LogP contribution >= 0.6 is 0 Å². The second kappa shape index (κ2) is 7.58. The molecule has 0 aliphatic carbocycles. The molecule has 150 valence electrons. The van der Waals surface area contributed by atoms with Gasteiger partial charge in [-0.25, -0.2) is 4.98 Å². The molecular weight excluding hydrogens is 369 g/mol. The number of para-hydroxylation sites is 1. The molecule has 1 amide bonds. The number of halogens is 3. The van der Waals surface area contributed by atoms with Crippen LogP contribution in [0.2, 0.25) is 0 Å². The minimum absolute atomic E-state index is 0.214. The fourth-order valence-electron chi connectivity index (χ4n) is 4.05. The summed E-state index contributed by atoms with van der Waals surface area (Å²) in [5, 5.41) is 3.80. The highest BCUT2D eigenvalue weighted by Crippen LogP contribution is 2.27. The molecule has 2 fully saturated rings. The molecule has 28 heavy (non-hydrogen) atoms. The lowest BCUT2D eigenvalue weighted by Crippen LogP contribution is -2.39. The zero-order chi connectivity index (χ0) is 19.7. The third kappa shape index (κ3) is 4.22. The van der Waals surface area contributed by atoms with Crippen molar-refractivity contribution in [2.45, 2.75) is 31.5 Å². The second-order valence-corrected chi connectivity index (χ2v) is 7.56. The first kappa shape index (κ1) is 19.0. The van der Waals surface area contributed by atoms with Crippen molar-refractivity contribution in [1.82, 2.24) is 15.2 Å². The maximum absolute atomic E-state index is 13.0. The van der Waals surface area contributed by atoms with Gasteiger partial charge in [0.25, 0.3) is 5.91 Å². The molecule has 8 heteroatoms. The van der Waals surface area contributed by atoms with E-state index in [0.29, 0.717) is 24.3 Å². The minimum Gasteiger partial charge on any atom is -0.356 e. The van der Waals surface area contributed by atoms with Gasteiger partial charge in [-0.3, -0.25) is 9.69 Å². The third-order valence-electron chi connectivity index (χ3n) is 5.36. The predicted molar refractivity (Wildman–Crippen MR) is 102 cm³/mol. The average molecular weight is 392 g/mol. The van der Waals surface area contributed by atoms with E-state index in [9.17, 15) is 18.0 Å². The average Bonchev–Trinajstić information content (AvgIpc) is 3.31. The first-order valence-electron chi connectivity index (χ1n) is 9.64. The molecule has 0 bridgehead atoms. The highest BCUT2D eigenvalue weighted by atomic mass is 19.4. The zero-order valence-electron chi connectivity index (χ0n) is 15.5. The summed E-state index contributed by atoms with van der Waals surface area (Å²) in [5.41, 5.74) is 1.33. The van der Waals surface area contributed by atoms with Gasteiger partial charge in [0.1, 0.15) is 5.82 Å². The number of rotatable bonds is 4. The summed E-state index contributed by atoms with van der Waals surface area (Å²) in [7, 11) is 0. The molecule has 1 aromatic carbocycles. The molecule has 2 aliphatic rings. The van der Waals surface area contributed by atoms with Gasteiger partial charge >= 0.3 is 6.18 Å². The Balaban J connectivity index is 1.54. The molecule has 1 atom stereocenters. The number of fused-ring (bicyclic) bond motifs is 1. The molecule has 0 saturated carbocycles. The summed E-state index contributed by atoms with van der Waals surface area (Å²) in [5.74, 6) is 0.401. The van der Waals surface area contributed by atoms with Crippen LogP contribution in [0, 0.1) is 0 Å². The number of likely N-dealkylation sites (tertiary alicyclic amines) is 1. The Morgan fingerprint density at radius 3 is 2.68 bits per heavy atom. The van der Waals surface area contributed by atoms with E-state index in [4.69, 9.17) is 4.98 Å². The number of hydrogen-bond donors (Lipinski definition) is 1. The zero-order valence-corrected chi connectivity index (χ0v) is 15.5. The molecule has 4 rings (SSSR count). The smallest absolute Gasteiger partial charge is 0.356 e. The number of carbonyl (C=O) groups excluding carboxylic acids is 1. The van der Waals surface area contributed by atoms with Crippen molar-refractivity contribution in [3.05, 3.63) is 35.9 Å². The highest BCUT2D eigenvalue weighted by molar-refractivity contribution is 6.02. The van der Waals surface area contributed by atoms with Gasteiger partial charge in [0.05, 0.1) is 17.6 Å². The molecule has 0 unspecified atom stereocenters. The Morgan fingerprint density at radius 1 is 1.18 bits per heavy atom. The van der Waals surface area contributed by atoms with Gasteiger partial charge in [-0.2, -0.15) is 13.2 Å². The van der Waals surface area contributed by atoms with Crippen LogP contribution in [-0.2, 0) is 0 Å². The van der Waals surface area contributed by atoms with E-state index in [1.165, 1.54) is 4.90 Å². The van der Waals surface area contributed by atoms with Gasteiger partial charge in [0.15, 0.2) is 0 Å². The standard InChI is InChI=1S/C20H23F3N4O/c21-20(22,23)13-26-10-7-15(12-26)24-19(28)16-11-14-5-1-2-6-17(14)25-18(16)27-8-3-4-9-27/h1-2,5-6,11,15H,3-4,7-10,12-13H2,(H,24,28)/t15-/m0/s1. The van der Waals surface area contributed by atoms with Gasteiger partial charge in [-0.1, -0.05) is 18.2 Å². The molecule has 2 aromatic rings. The van der Waals surface area contributed by atoms with Gasteiger partial charge in [0, 0.05) is 37.6 Å². The van der Waals surface area contributed by atoms with Crippen molar-refractivity contribution in [1.29, 1.82) is 0 Å². The van der Waals surface area contributed by atoms with Gasteiger partial charge in [-0.15, -0.1) is 0 Å².